The Hall–Kier alpha value is -3.60. The molecule has 3 aromatic carbocycles. The van der Waals surface area contributed by atoms with Crippen molar-refractivity contribution in [2.24, 2.45) is 0 Å². The van der Waals surface area contributed by atoms with Gasteiger partial charge in [-0.15, -0.1) is 0 Å². The van der Waals surface area contributed by atoms with Crippen molar-refractivity contribution < 1.29 is 9.59 Å². The highest BCUT2D eigenvalue weighted by Gasteiger charge is 2.31. The quantitative estimate of drug-likeness (QED) is 0.631. The molecule has 0 fully saturated rings. The van der Waals surface area contributed by atoms with Gasteiger partial charge in [-0.3, -0.25) is 14.9 Å². The van der Waals surface area contributed by atoms with E-state index in [9.17, 15) is 9.59 Å². The summed E-state index contributed by atoms with van der Waals surface area (Å²) in [4.78, 5) is 24.3. The number of carbonyl (C=O) groups excluding carboxylic acids is 2. The van der Waals surface area contributed by atoms with Crippen LogP contribution in [0.1, 0.15) is 20.7 Å². The van der Waals surface area contributed by atoms with E-state index in [4.69, 9.17) is 0 Å². The largest absolute Gasteiger partial charge is 0.354 e. The Kier molecular flexibility index (Phi) is 3.67. The van der Waals surface area contributed by atoms with Crippen molar-refractivity contribution in [2.75, 3.05) is 10.6 Å². The first-order chi connectivity index (χ1) is 12.2. The molecule has 3 N–H and O–H groups in total. The zero-order valence-electron chi connectivity index (χ0n) is 13.2. The van der Waals surface area contributed by atoms with Crippen LogP contribution in [0.5, 0.6) is 0 Å². The molecule has 5 heteroatoms. The van der Waals surface area contributed by atoms with E-state index in [0.717, 1.165) is 17.1 Å². The summed E-state index contributed by atoms with van der Waals surface area (Å²) >= 11 is 0. The molecule has 2 amide bonds. The smallest absolute Gasteiger partial charge is 0.261 e. The van der Waals surface area contributed by atoms with Gasteiger partial charge in [0, 0.05) is 11.4 Å². The Morgan fingerprint density at radius 2 is 1.24 bits per heavy atom. The minimum atomic E-state index is -0.393. The number of carbonyl (C=O) groups is 2. The Morgan fingerprint density at radius 1 is 0.640 bits per heavy atom. The molecule has 0 unspecified atom stereocenters. The fourth-order valence-corrected chi connectivity index (χ4v) is 2.84. The molecule has 4 rings (SSSR count). The van der Waals surface area contributed by atoms with Gasteiger partial charge in [-0.25, -0.2) is 0 Å². The van der Waals surface area contributed by atoms with Crippen molar-refractivity contribution >= 4 is 34.6 Å². The molecule has 0 saturated carbocycles. The Bertz CT molecular complexity index is 953. The van der Waals surface area contributed by atoms with Crippen molar-refractivity contribution in [3.8, 4) is 0 Å². The van der Waals surface area contributed by atoms with Crippen molar-refractivity contribution in [3.05, 3.63) is 83.9 Å². The third-order valence-corrected chi connectivity index (χ3v) is 4.00. The minimum absolute atomic E-state index is 0.356. The van der Waals surface area contributed by atoms with Crippen LogP contribution >= 0.6 is 0 Å². The summed E-state index contributed by atoms with van der Waals surface area (Å²) in [5.74, 6) is -0.766. The van der Waals surface area contributed by atoms with Gasteiger partial charge in [0.05, 0.1) is 22.5 Å². The van der Waals surface area contributed by atoms with Gasteiger partial charge >= 0.3 is 0 Å². The Morgan fingerprint density at radius 3 is 1.88 bits per heavy atom. The van der Waals surface area contributed by atoms with Crippen molar-refractivity contribution in [1.82, 2.24) is 5.32 Å². The molecule has 25 heavy (non-hydrogen) atoms. The van der Waals surface area contributed by atoms with Crippen LogP contribution in [0.25, 0.3) is 0 Å². The molecule has 0 aromatic heterocycles. The van der Waals surface area contributed by atoms with Crippen LogP contribution in [-0.4, -0.2) is 11.8 Å². The maximum absolute atomic E-state index is 12.3. The number of benzene rings is 3. The zero-order chi connectivity index (χ0) is 17.2. The fraction of sp³-hybridized carbons (Fsp3) is 0. The molecule has 0 saturated heterocycles. The number of fused-ring (bicyclic) bond motifs is 1. The maximum atomic E-state index is 12.3. The number of imide groups is 1. The molecule has 0 radical (unpaired) electrons. The van der Waals surface area contributed by atoms with Crippen LogP contribution in [0.3, 0.4) is 0 Å². The normalized spacial score (nSPS) is 12.5. The second-order valence-corrected chi connectivity index (χ2v) is 5.68. The molecule has 1 heterocycles. The second kappa shape index (κ2) is 6.13. The lowest BCUT2D eigenvalue weighted by molar-refractivity contribution is 0.0880. The maximum Gasteiger partial charge on any atom is 0.261 e. The molecule has 0 bridgehead atoms. The van der Waals surface area contributed by atoms with E-state index in [1.807, 2.05) is 60.7 Å². The first kappa shape index (κ1) is 15.0. The van der Waals surface area contributed by atoms with E-state index in [2.05, 4.69) is 16.0 Å². The monoisotopic (exact) mass is 329 g/mol. The van der Waals surface area contributed by atoms with E-state index in [0.29, 0.717) is 16.8 Å². The Labute approximate surface area is 144 Å². The number of hydrogen-bond donors (Lipinski definition) is 3. The molecular formula is C20H15N3O2. The van der Waals surface area contributed by atoms with E-state index in [-0.39, 0.29) is 5.91 Å². The number of anilines is 4. The average molecular weight is 329 g/mol. The molecule has 0 aliphatic carbocycles. The van der Waals surface area contributed by atoms with Gasteiger partial charge in [-0.2, -0.15) is 0 Å². The van der Waals surface area contributed by atoms with Crippen LogP contribution in [0.4, 0.5) is 22.7 Å². The number of nitrogens with one attached hydrogen (secondary N) is 3. The summed E-state index contributed by atoms with van der Waals surface area (Å²) in [6, 6.07) is 22.7. The third-order valence-electron chi connectivity index (χ3n) is 4.00. The average Bonchev–Trinajstić information content (AvgIpc) is 2.93. The van der Waals surface area contributed by atoms with Crippen molar-refractivity contribution in [2.45, 2.75) is 0 Å². The SMILES string of the molecule is O=C1NC(=O)c2c1ccc(Nc1ccccc1)c2Nc1ccccc1. The zero-order valence-corrected chi connectivity index (χ0v) is 13.2. The standard InChI is InChI=1S/C20H15N3O2/c24-19-15-11-12-16(21-13-7-3-1-4-8-13)18(17(15)20(25)23-19)22-14-9-5-2-6-10-14/h1-12,21-22H,(H,23,24,25). The summed E-state index contributed by atoms with van der Waals surface area (Å²) < 4.78 is 0. The van der Waals surface area contributed by atoms with Crippen LogP contribution in [0, 0.1) is 0 Å². The summed E-state index contributed by atoms with van der Waals surface area (Å²) in [6.07, 6.45) is 0. The van der Waals surface area contributed by atoms with Crippen molar-refractivity contribution in [3.63, 3.8) is 0 Å². The molecule has 5 nitrogen and oxygen atoms in total. The highest BCUT2D eigenvalue weighted by Crippen LogP contribution is 2.35. The highest BCUT2D eigenvalue weighted by molar-refractivity contribution is 6.25. The van der Waals surface area contributed by atoms with Crippen LogP contribution in [-0.2, 0) is 0 Å². The van der Waals surface area contributed by atoms with Crippen molar-refractivity contribution in [1.29, 1.82) is 0 Å². The molecule has 0 spiro atoms. The minimum Gasteiger partial charge on any atom is -0.354 e. The number of amides is 2. The predicted octanol–water partition coefficient (Wildman–Crippen LogP) is 4.06. The van der Waals surface area contributed by atoms with Gasteiger partial charge in [0.25, 0.3) is 11.8 Å². The molecule has 1 aliphatic rings. The van der Waals surface area contributed by atoms with Crippen LogP contribution in [0.2, 0.25) is 0 Å². The van der Waals surface area contributed by atoms with E-state index < -0.39 is 5.91 Å². The lowest BCUT2D eigenvalue weighted by Gasteiger charge is -2.16. The summed E-state index contributed by atoms with van der Waals surface area (Å²) in [7, 11) is 0. The van der Waals surface area contributed by atoms with Gasteiger partial charge in [-0.05, 0) is 36.4 Å². The summed E-state index contributed by atoms with van der Waals surface area (Å²) in [5, 5.41) is 8.93. The summed E-state index contributed by atoms with van der Waals surface area (Å²) in [6.45, 7) is 0. The molecule has 3 aromatic rings. The summed E-state index contributed by atoms with van der Waals surface area (Å²) in [5.41, 5.74) is 3.76. The molecule has 122 valence electrons. The van der Waals surface area contributed by atoms with Crippen LogP contribution < -0.4 is 16.0 Å². The highest BCUT2D eigenvalue weighted by atomic mass is 16.2. The first-order valence-electron chi connectivity index (χ1n) is 7.89. The third kappa shape index (κ3) is 2.83. The number of para-hydroxylation sites is 2. The van der Waals surface area contributed by atoms with Gasteiger partial charge in [-0.1, -0.05) is 36.4 Å². The topological polar surface area (TPSA) is 70.2 Å². The van der Waals surface area contributed by atoms with Gasteiger partial charge < -0.3 is 10.6 Å². The lowest BCUT2D eigenvalue weighted by atomic mass is 10.0. The van der Waals surface area contributed by atoms with E-state index in [1.54, 1.807) is 12.1 Å². The lowest BCUT2D eigenvalue weighted by Crippen LogP contribution is -2.20. The Balaban J connectivity index is 1.82. The van der Waals surface area contributed by atoms with Gasteiger partial charge in [0.1, 0.15) is 0 Å². The first-order valence-corrected chi connectivity index (χ1v) is 7.89. The number of rotatable bonds is 4. The van der Waals surface area contributed by atoms with Gasteiger partial charge in [0.2, 0.25) is 0 Å². The van der Waals surface area contributed by atoms with E-state index >= 15 is 0 Å². The second-order valence-electron chi connectivity index (χ2n) is 5.68. The fourth-order valence-electron chi connectivity index (χ4n) is 2.84. The molecule has 0 atom stereocenters. The van der Waals surface area contributed by atoms with Crippen LogP contribution in [0.15, 0.2) is 72.8 Å². The molecular weight excluding hydrogens is 314 g/mol. The number of hydrogen-bond acceptors (Lipinski definition) is 4. The predicted molar refractivity (Wildman–Crippen MR) is 97.7 cm³/mol. The molecule has 1 aliphatic heterocycles. The van der Waals surface area contributed by atoms with E-state index in [1.165, 1.54) is 0 Å². The van der Waals surface area contributed by atoms with Gasteiger partial charge in [0.15, 0.2) is 0 Å².